The highest BCUT2D eigenvalue weighted by atomic mass is 16.5. The summed E-state index contributed by atoms with van der Waals surface area (Å²) in [4.78, 5) is 2.59. The van der Waals surface area contributed by atoms with Crippen molar-refractivity contribution in [3.63, 3.8) is 0 Å². The van der Waals surface area contributed by atoms with Crippen LogP contribution < -0.4 is 10.1 Å². The number of rotatable bonds is 9. The topological polar surface area (TPSA) is 24.5 Å². The Kier molecular flexibility index (Phi) is 7.04. The van der Waals surface area contributed by atoms with E-state index in [-0.39, 0.29) is 6.10 Å². The SMILES string of the molecule is CC(C)Oc1cccc(CNCCCCN2CCCC2)c1. The summed E-state index contributed by atoms with van der Waals surface area (Å²) < 4.78 is 5.72. The molecular weight excluding hydrogens is 260 g/mol. The van der Waals surface area contributed by atoms with Crippen LogP contribution in [0, 0.1) is 0 Å². The minimum atomic E-state index is 0.235. The zero-order chi connectivity index (χ0) is 14.9. The van der Waals surface area contributed by atoms with Gasteiger partial charge < -0.3 is 15.0 Å². The molecule has 1 N–H and O–H groups in total. The van der Waals surface area contributed by atoms with Crippen LogP contribution >= 0.6 is 0 Å². The minimum Gasteiger partial charge on any atom is -0.491 e. The lowest BCUT2D eigenvalue weighted by Crippen LogP contribution is -2.22. The normalized spacial score (nSPS) is 15.8. The van der Waals surface area contributed by atoms with E-state index in [0.717, 1.165) is 18.8 Å². The second-order valence-corrected chi connectivity index (χ2v) is 6.25. The van der Waals surface area contributed by atoms with Gasteiger partial charge in [0.05, 0.1) is 6.10 Å². The molecule has 0 aromatic heterocycles. The van der Waals surface area contributed by atoms with Gasteiger partial charge in [-0.1, -0.05) is 12.1 Å². The maximum Gasteiger partial charge on any atom is 0.120 e. The number of hydrogen-bond donors (Lipinski definition) is 1. The van der Waals surface area contributed by atoms with E-state index < -0.39 is 0 Å². The van der Waals surface area contributed by atoms with Crippen molar-refractivity contribution in [2.75, 3.05) is 26.2 Å². The number of hydrogen-bond acceptors (Lipinski definition) is 3. The Morgan fingerprint density at radius 2 is 2.00 bits per heavy atom. The average Bonchev–Trinajstić information content (AvgIpc) is 2.95. The Balaban J connectivity index is 1.57. The molecule has 1 aromatic carbocycles. The van der Waals surface area contributed by atoms with Gasteiger partial charge in [-0.3, -0.25) is 0 Å². The summed E-state index contributed by atoms with van der Waals surface area (Å²) in [6.45, 7) is 10.1. The van der Waals surface area contributed by atoms with Crippen molar-refractivity contribution < 1.29 is 4.74 Å². The summed E-state index contributed by atoms with van der Waals surface area (Å²) in [6.07, 6.45) is 5.60. The predicted molar refractivity (Wildman–Crippen MR) is 88.8 cm³/mol. The molecule has 1 aliphatic heterocycles. The minimum absolute atomic E-state index is 0.235. The van der Waals surface area contributed by atoms with Gasteiger partial charge in [0.25, 0.3) is 0 Å². The Hall–Kier alpha value is -1.06. The van der Waals surface area contributed by atoms with Gasteiger partial charge in [0.2, 0.25) is 0 Å². The van der Waals surface area contributed by atoms with E-state index in [9.17, 15) is 0 Å². The van der Waals surface area contributed by atoms with Crippen LogP contribution in [0.25, 0.3) is 0 Å². The third-order valence-corrected chi connectivity index (χ3v) is 3.88. The molecule has 0 saturated carbocycles. The third-order valence-electron chi connectivity index (χ3n) is 3.88. The second kappa shape index (κ2) is 9.06. The van der Waals surface area contributed by atoms with E-state index in [1.165, 1.54) is 50.9 Å². The molecule has 1 heterocycles. The van der Waals surface area contributed by atoms with E-state index in [2.05, 4.69) is 42.3 Å². The Bertz CT molecular complexity index is 400. The Labute approximate surface area is 129 Å². The number of nitrogens with one attached hydrogen (secondary N) is 1. The molecule has 118 valence electrons. The van der Waals surface area contributed by atoms with Crippen LogP contribution in [0.5, 0.6) is 5.75 Å². The third kappa shape index (κ3) is 6.49. The van der Waals surface area contributed by atoms with Crippen LogP contribution in [-0.2, 0) is 6.54 Å². The van der Waals surface area contributed by atoms with Crippen molar-refractivity contribution in [2.45, 2.75) is 52.2 Å². The lowest BCUT2D eigenvalue weighted by molar-refractivity contribution is 0.242. The van der Waals surface area contributed by atoms with E-state index in [4.69, 9.17) is 4.74 Å². The molecule has 0 spiro atoms. The van der Waals surface area contributed by atoms with Crippen molar-refractivity contribution in [3.05, 3.63) is 29.8 Å². The number of ether oxygens (including phenoxy) is 1. The highest BCUT2D eigenvalue weighted by Crippen LogP contribution is 2.14. The zero-order valence-electron chi connectivity index (χ0n) is 13.6. The summed E-state index contributed by atoms with van der Waals surface area (Å²) in [5, 5.41) is 3.53. The van der Waals surface area contributed by atoms with Crippen LogP contribution in [0.4, 0.5) is 0 Å². The number of benzene rings is 1. The van der Waals surface area contributed by atoms with Gasteiger partial charge in [-0.05, 0) is 83.4 Å². The van der Waals surface area contributed by atoms with Crippen molar-refractivity contribution in [2.24, 2.45) is 0 Å². The summed E-state index contributed by atoms with van der Waals surface area (Å²) in [6, 6.07) is 8.39. The van der Waals surface area contributed by atoms with E-state index in [0.29, 0.717) is 0 Å². The fraction of sp³-hybridized carbons (Fsp3) is 0.667. The van der Waals surface area contributed by atoms with Crippen LogP contribution in [0.15, 0.2) is 24.3 Å². The van der Waals surface area contributed by atoms with E-state index in [1.54, 1.807) is 0 Å². The number of nitrogens with zero attached hydrogens (tertiary/aromatic N) is 1. The molecule has 1 saturated heterocycles. The van der Waals surface area contributed by atoms with Crippen LogP contribution in [0.2, 0.25) is 0 Å². The smallest absolute Gasteiger partial charge is 0.120 e. The monoisotopic (exact) mass is 290 g/mol. The van der Waals surface area contributed by atoms with Gasteiger partial charge >= 0.3 is 0 Å². The van der Waals surface area contributed by atoms with Crippen molar-refractivity contribution >= 4 is 0 Å². The van der Waals surface area contributed by atoms with Gasteiger partial charge in [-0.15, -0.1) is 0 Å². The summed E-state index contributed by atoms with van der Waals surface area (Å²) in [5.41, 5.74) is 1.30. The summed E-state index contributed by atoms with van der Waals surface area (Å²) in [5.74, 6) is 0.971. The molecule has 1 aliphatic rings. The van der Waals surface area contributed by atoms with Gasteiger partial charge in [-0.2, -0.15) is 0 Å². The molecular formula is C18H30N2O. The van der Waals surface area contributed by atoms with Crippen LogP contribution in [-0.4, -0.2) is 37.2 Å². The lowest BCUT2D eigenvalue weighted by atomic mass is 10.2. The van der Waals surface area contributed by atoms with Gasteiger partial charge in [-0.25, -0.2) is 0 Å². The molecule has 3 nitrogen and oxygen atoms in total. The molecule has 1 fully saturated rings. The van der Waals surface area contributed by atoms with Crippen molar-refractivity contribution in [3.8, 4) is 5.75 Å². The van der Waals surface area contributed by atoms with E-state index in [1.807, 2.05) is 6.07 Å². The van der Waals surface area contributed by atoms with Gasteiger partial charge in [0, 0.05) is 6.54 Å². The fourth-order valence-electron chi connectivity index (χ4n) is 2.83. The first-order chi connectivity index (χ1) is 10.2. The van der Waals surface area contributed by atoms with Gasteiger partial charge in [0.1, 0.15) is 5.75 Å². The quantitative estimate of drug-likeness (QED) is 0.705. The average molecular weight is 290 g/mol. The van der Waals surface area contributed by atoms with Crippen LogP contribution in [0.3, 0.4) is 0 Å². The molecule has 0 aliphatic carbocycles. The molecule has 0 radical (unpaired) electrons. The standard InChI is InChI=1S/C18H30N2O/c1-16(2)21-18-9-7-8-17(14-18)15-19-10-3-4-11-20-12-5-6-13-20/h7-9,14,16,19H,3-6,10-13,15H2,1-2H3. The molecule has 21 heavy (non-hydrogen) atoms. The molecule has 0 unspecified atom stereocenters. The molecule has 1 aromatic rings. The van der Waals surface area contributed by atoms with E-state index >= 15 is 0 Å². The molecule has 0 bridgehead atoms. The number of unbranched alkanes of at least 4 members (excludes halogenated alkanes) is 1. The lowest BCUT2D eigenvalue weighted by Gasteiger charge is -2.14. The van der Waals surface area contributed by atoms with Crippen molar-refractivity contribution in [1.82, 2.24) is 10.2 Å². The van der Waals surface area contributed by atoms with Gasteiger partial charge in [0.15, 0.2) is 0 Å². The predicted octanol–water partition coefficient (Wildman–Crippen LogP) is 3.44. The summed E-state index contributed by atoms with van der Waals surface area (Å²) >= 11 is 0. The molecule has 0 amide bonds. The second-order valence-electron chi connectivity index (χ2n) is 6.25. The maximum absolute atomic E-state index is 5.72. The molecule has 0 atom stereocenters. The zero-order valence-corrected chi connectivity index (χ0v) is 13.6. The first kappa shape index (κ1) is 16.3. The Morgan fingerprint density at radius 1 is 1.19 bits per heavy atom. The first-order valence-corrected chi connectivity index (χ1v) is 8.43. The first-order valence-electron chi connectivity index (χ1n) is 8.43. The van der Waals surface area contributed by atoms with Crippen molar-refractivity contribution in [1.29, 1.82) is 0 Å². The largest absolute Gasteiger partial charge is 0.491 e. The fourth-order valence-corrected chi connectivity index (χ4v) is 2.83. The van der Waals surface area contributed by atoms with Crippen LogP contribution in [0.1, 0.15) is 45.1 Å². The highest BCUT2D eigenvalue weighted by molar-refractivity contribution is 5.28. The molecule has 2 rings (SSSR count). The molecule has 3 heteroatoms. The summed E-state index contributed by atoms with van der Waals surface area (Å²) in [7, 11) is 0. The Morgan fingerprint density at radius 3 is 2.76 bits per heavy atom. The highest BCUT2D eigenvalue weighted by Gasteiger charge is 2.09. The maximum atomic E-state index is 5.72. The number of likely N-dealkylation sites (tertiary alicyclic amines) is 1.